The van der Waals surface area contributed by atoms with Gasteiger partial charge in [0.15, 0.2) is 0 Å². The number of likely N-dealkylation sites (tertiary alicyclic amines) is 1. The zero-order valence-electron chi connectivity index (χ0n) is 41.6. The van der Waals surface area contributed by atoms with Crippen LogP contribution >= 0.6 is 0 Å². The van der Waals surface area contributed by atoms with Crippen molar-refractivity contribution < 1.29 is 57.7 Å². The van der Waals surface area contributed by atoms with Crippen LogP contribution in [0.15, 0.2) is 48.5 Å². The summed E-state index contributed by atoms with van der Waals surface area (Å²) in [5.41, 5.74) is 3.57. The van der Waals surface area contributed by atoms with E-state index in [1.807, 2.05) is 76.2 Å². The van der Waals surface area contributed by atoms with Crippen LogP contribution in [0.25, 0.3) is 11.1 Å². The number of benzene rings is 2. The Bertz CT molecular complexity index is 2150. The first-order chi connectivity index (χ1) is 33.0. The van der Waals surface area contributed by atoms with Crippen molar-refractivity contribution in [1.29, 1.82) is 0 Å². The molecule has 5 atom stereocenters. The van der Waals surface area contributed by atoms with Gasteiger partial charge in [-0.2, -0.15) is 0 Å². The molecule has 0 saturated carbocycles. The third-order valence-electron chi connectivity index (χ3n) is 11.7. The van der Waals surface area contributed by atoms with E-state index >= 15 is 0 Å². The van der Waals surface area contributed by atoms with E-state index in [9.17, 15) is 48.3 Å². The fourth-order valence-electron chi connectivity index (χ4n) is 8.36. The normalized spacial score (nSPS) is 15.9. The predicted molar refractivity (Wildman–Crippen MR) is 259 cm³/mol. The van der Waals surface area contributed by atoms with Gasteiger partial charge in [-0.15, -0.1) is 0 Å². The van der Waals surface area contributed by atoms with E-state index in [2.05, 4.69) is 37.2 Å². The Labute approximate surface area is 409 Å². The lowest BCUT2D eigenvalue weighted by Gasteiger charge is -2.26. The fourth-order valence-corrected chi connectivity index (χ4v) is 8.36. The molecule has 1 aliphatic carbocycles. The van der Waals surface area contributed by atoms with Crippen molar-refractivity contribution in [2.45, 2.75) is 142 Å². The summed E-state index contributed by atoms with van der Waals surface area (Å²) in [5.74, 6) is -5.44. The van der Waals surface area contributed by atoms with Gasteiger partial charge in [0.05, 0.1) is 13.1 Å². The number of unbranched alkanes of at least 4 members (excludes halogenated alkanes) is 1. The Morgan fingerprint density at radius 3 is 1.86 bits per heavy atom. The molecule has 20 nitrogen and oxygen atoms in total. The number of hydrogen-bond donors (Lipinski definition) is 8. The molecule has 4 rings (SSSR count). The van der Waals surface area contributed by atoms with Crippen LogP contribution in [-0.2, 0) is 43.0 Å². The molecule has 1 heterocycles. The second kappa shape index (κ2) is 26.3. The van der Waals surface area contributed by atoms with Crippen molar-refractivity contribution in [2.75, 3.05) is 32.8 Å². The maximum atomic E-state index is 13.4. The van der Waals surface area contributed by atoms with Gasteiger partial charge in [-0.05, 0) is 107 Å². The average molecular weight is 977 g/mol. The predicted octanol–water partition coefficient (Wildman–Crippen LogP) is 3.46. The number of rotatable bonds is 24. The molecule has 0 spiro atoms. The van der Waals surface area contributed by atoms with Crippen molar-refractivity contribution >= 4 is 53.6 Å². The number of carboxylic acid groups (broad SMARTS) is 1. The summed E-state index contributed by atoms with van der Waals surface area (Å²) in [5, 5.41) is 27.7. The third kappa shape index (κ3) is 17.3. The number of carbonyl (C=O) groups excluding carboxylic acids is 8. The number of fused-ring (bicyclic) bond motifs is 3. The van der Waals surface area contributed by atoms with Gasteiger partial charge < -0.3 is 56.7 Å². The number of hydrogen-bond acceptors (Lipinski definition) is 11. The van der Waals surface area contributed by atoms with Crippen LogP contribution in [0.4, 0.5) is 9.59 Å². The standard InChI is InChI=1S/C50H72N8O12/c1-29(2)24-38(57-49(68)69-28-36-34-18-11-9-16-32(34)33-17-10-12-19-35(33)36)44(62)52-26-41(59)55-39(25-30(3)4)45(63)54-31(5)43(61)53-27-42(60)58-23-15-21-40(58)46(64)56-37(47(65)66)20-13-14-22-51-48(67)70-50(6,7)8/h9-12,16-19,29-31,36-40H,13-15,20-28H2,1-8H3,(H,51,67)(H,52,62)(H,53,61)(H,54,63)(H,55,59)(H,56,64)(H,57,68)(H,65,66)/t31-,37-,38-,39-,40-/m0/s1. The Kier molecular flexibility index (Phi) is 21.0. The van der Waals surface area contributed by atoms with Gasteiger partial charge >= 0.3 is 18.2 Å². The number of carbonyl (C=O) groups is 9. The number of alkyl carbamates (subject to hydrolysis) is 2. The lowest BCUT2D eigenvalue weighted by Crippen LogP contribution is -2.56. The van der Waals surface area contributed by atoms with Gasteiger partial charge in [0.1, 0.15) is 42.4 Å². The smallest absolute Gasteiger partial charge is 0.407 e. The largest absolute Gasteiger partial charge is 0.480 e. The summed E-state index contributed by atoms with van der Waals surface area (Å²) in [6, 6.07) is 10.4. The van der Waals surface area contributed by atoms with Crippen molar-refractivity contribution in [3.63, 3.8) is 0 Å². The molecule has 8 N–H and O–H groups in total. The Morgan fingerprint density at radius 2 is 1.27 bits per heavy atom. The van der Waals surface area contributed by atoms with Gasteiger partial charge in [-0.25, -0.2) is 14.4 Å². The Hall–Kier alpha value is -6.73. The summed E-state index contributed by atoms with van der Waals surface area (Å²) in [7, 11) is 0. The van der Waals surface area contributed by atoms with Gasteiger partial charge in [-0.1, -0.05) is 76.2 Å². The molecule has 1 saturated heterocycles. The minimum Gasteiger partial charge on any atom is -0.480 e. The Balaban J connectivity index is 1.22. The van der Waals surface area contributed by atoms with E-state index in [1.54, 1.807) is 20.8 Å². The van der Waals surface area contributed by atoms with E-state index in [-0.39, 0.29) is 63.1 Å². The van der Waals surface area contributed by atoms with E-state index < -0.39 is 102 Å². The summed E-state index contributed by atoms with van der Waals surface area (Å²) in [6.07, 6.45) is 0.712. The first-order valence-corrected chi connectivity index (χ1v) is 24.1. The second-order valence-electron chi connectivity index (χ2n) is 19.6. The van der Waals surface area contributed by atoms with E-state index in [4.69, 9.17) is 9.47 Å². The van der Waals surface area contributed by atoms with Crippen LogP contribution in [0.3, 0.4) is 0 Å². The SMILES string of the molecule is CC(C)C[C@H](NC(=O)CNC(=O)[C@H](CC(C)C)NC(=O)OCC1c2ccccc2-c2ccccc21)C(=O)N[C@@H](C)C(=O)NCC(=O)N1CCC[C@H]1C(=O)N[C@@H](CCCCNC(=O)OC(C)(C)C)C(=O)O. The van der Waals surface area contributed by atoms with E-state index in [0.717, 1.165) is 22.3 Å². The molecule has 20 heteroatoms. The molecule has 0 unspecified atom stereocenters. The molecule has 0 radical (unpaired) electrons. The third-order valence-corrected chi connectivity index (χ3v) is 11.7. The van der Waals surface area contributed by atoms with Crippen LogP contribution in [0, 0.1) is 11.8 Å². The van der Waals surface area contributed by atoms with Crippen LogP contribution in [0.2, 0.25) is 0 Å². The molecular formula is C50H72N8O12. The van der Waals surface area contributed by atoms with Crippen LogP contribution < -0.4 is 37.2 Å². The molecule has 70 heavy (non-hydrogen) atoms. The molecule has 384 valence electrons. The zero-order chi connectivity index (χ0) is 51.7. The highest BCUT2D eigenvalue weighted by molar-refractivity contribution is 5.96. The molecular weight excluding hydrogens is 905 g/mol. The van der Waals surface area contributed by atoms with Crippen molar-refractivity contribution in [2.24, 2.45) is 11.8 Å². The lowest BCUT2D eigenvalue weighted by atomic mass is 9.98. The first-order valence-electron chi connectivity index (χ1n) is 24.1. The van der Waals surface area contributed by atoms with Crippen LogP contribution in [-0.4, -0.2) is 132 Å². The maximum Gasteiger partial charge on any atom is 0.407 e. The topological polar surface area (TPSA) is 280 Å². The molecule has 2 aromatic carbocycles. The number of amides is 8. The van der Waals surface area contributed by atoms with Gasteiger partial charge in [0, 0.05) is 19.0 Å². The second-order valence-corrected chi connectivity index (χ2v) is 19.6. The zero-order valence-corrected chi connectivity index (χ0v) is 41.6. The quantitative estimate of drug-likeness (QED) is 0.0703. The minimum atomic E-state index is -1.25. The van der Waals surface area contributed by atoms with E-state index in [1.165, 1.54) is 11.8 Å². The number of aliphatic carboxylic acids is 1. The Morgan fingerprint density at radius 1 is 0.686 bits per heavy atom. The number of nitrogens with one attached hydrogen (secondary N) is 7. The maximum absolute atomic E-state index is 13.4. The molecule has 1 fully saturated rings. The molecule has 8 amide bonds. The molecule has 1 aliphatic heterocycles. The number of carboxylic acids is 1. The first kappa shape index (κ1) is 55.9. The highest BCUT2D eigenvalue weighted by atomic mass is 16.6. The molecule has 0 aromatic heterocycles. The van der Waals surface area contributed by atoms with Crippen LogP contribution in [0.5, 0.6) is 0 Å². The van der Waals surface area contributed by atoms with Gasteiger partial charge in [0.25, 0.3) is 0 Å². The molecule has 2 aliphatic rings. The van der Waals surface area contributed by atoms with Gasteiger partial charge in [-0.3, -0.25) is 28.8 Å². The fraction of sp³-hybridized carbons (Fsp3) is 0.580. The lowest BCUT2D eigenvalue weighted by molar-refractivity contribution is -0.144. The summed E-state index contributed by atoms with van der Waals surface area (Å²) >= 11 is 0. The molecule has 0 bridgehead atoms. The van der Waals surface area contributed by atoms with Crippen molar-refractivity contribution in [1.82, 2.24) is 42.1 Å². The summed E-state index contributed by atoms with van der Waals surface area (Å²) in [6.45, 7) is 13.5. The van der Waals surface area contributed by atoms with Crippen LogP contribution in [0.1, 0.15) is 117 Å². The van der Waals surface area contributed by atoms with E-state index in [0.29, 0.717) is 19.3 Å². The average Bonchev–Trinajstić information content (AvgIpc) is 3.91. The highest BCUT2D eigenvalue weighted by Gasteiger charge is 2.37. The molecule has 2 aromatic rings. The number of ether oxygens (including phenoxy) is 2. The monoisotopic (exact) mass is 977 g/mol. The summed E-state index contributed by atoms with van der Waals surface area (Å²) < 4.78 is 10.8. The van der Waals surface area contributed by atoms with Crippen molar-refractivity contribution in [3.05, 3.63) is 59.7 Å². The highest BCUT2D eigenvalue weighted by Crippen LogP contribution is 2.44. The minimum absolute atomic E-state index is 0.0115. The van der Waals surface area contributed by atoms with Crippen molar-refractivity contribution in [3.8, 4) is 11.1 Å². The van der Waals surface area contributed by atoms with Gasteiger partial charge in [0.2, 0.25) is 35.4 Å². The number of nitrogens with zero attached hydrogens (tertiary/aromatic N) is 1. The summed E-state index contributed by atoms with van der Waals surface area (Å²) in [4.78, 5) is 118.